The molecule has 0 spiro atoms. The third-order valence-electron chi connectivity index (χ3n) is 6.07. The number of carbonyl (C=O) groups excluding carboxylic acids is 1. The molecule has 0 saturated heterocycles. The van der Waals surface area contributed by atoms with Crippen molar-refractivity contribution >= 4 is 38.9 Å². The van der Waals surface area contributed by atoms with Gasteiger partial charge in [-0.1, -0.05) is 102 Å². The van der Waals surface area contributed by atoms with Gasteiger partial charge in [-0.2, -0.15) is 10.1 Å². The van der Waals surface area contributed by atoms with E-state index in [4.69, 9.17) is 17.3 Å². The van der Waals surface area contributed by atoms with Gasteiger partial charge in [-0.05, 0) is 24.6 Å². The topological polar surface area (TPSA) is 92.8 Å². The van der Waals surface area contributed by atoms with E-state index < -0.39 is 9.84 Å². The molecule has 0 aromatic heterocycles. The van der Waals surface area contributed by atoms with E-state index in [2.05, 4.69) is 12.0 Å². The highest BCUT2D eigenvalue weighted by Crippen LogP contribution is 2.31. The molecule has 0 radical (unpaired) electrons. The van der Waals surface area contributed by atoms with Gasteiger partial charge >= 0.3 is 0 Å². The van der Waals surface area contributed by atoms with E-state index in [1.54, 1.807) is 0 Å². The predicted molar refractivity (Wildman–Crippen MR) is 138 cm³/mol. The molecule has 0 fully saturated rings. The first kappa shape index (κ1) is 27.6. The number of carbonyl (C=O) groups is 1. The van der Waals surface area contributed by atoms with Gasteiger partial charge in [-0.25, -0.2) is 8.42 Å². The van der Waals surface area contributed by atoms with Crippen LogP contribution in [-0.2, 0) is 14.6 Å². The summed E-state index contributed by atoms with van der Waals surface area (Å²) in [5, 5.41) is 5.25. The molecule has 186 valence electrons. The van der Waals surface area contributed by atoms with E-state index in [-0.39, 0.29) is 33.8 Å². The average molecular weight is 498 g/mol. The molecular formula is C25H40ClN3O3S. The Balaban J connectivity index is 1.61. The number of hydrogen-bond donors (Lipinski definition) is 1. The van der Waals surface area contributed by atoms with Crippen LogP contribution in [0.1, 0.15) is 103 Å². The molecule has 1 aliphatic rings. The van der Waals surface area contributed by atoms with Gasteiger partial charge in [0.05, 0.1) is 27.8 Å². The Bertz CT molecular complexity index is 887. The van der Waals surface area contributed by atoms with E-state index in [0.29, 0.717) is 12.1 Å². The summed E-state index contributed by atoms with van der Waals surface area (Å²) >= 11 is 6.25. The number of halogens is 1. The van der Waals surface area contributed by atoms with Crippen molar-refractivity contribution in [3.05, 3.63) is 23.2 Å². The van der Waals surface area contributed by atoms with Gasteiger partial charge in [0.2, 0.25) is 0 Å². The lowest BCUT2D eigenvalue weighted by atomic mass is 10.0. The predicted octanol–water partition coefficient (Wildman–Crippen LogP) is 6.60. The van der Waals surface area contributed by atoms with Gasteiger partial charge in [0, 0.05) is 0 Å². The standard InChI is InChI=1S/C25H40ClN3O3S/c1-2-3-4-5-6-7-8-9-10-11-12-13-14-15-18-33(31,32)21-16-17-23(22(26)19-21)29-25(30)20-24(27)28-29/h16-17,19H,2-15,18,20H2,1H3,(H2,27,28). The zero-order valence-corrected chi connectivity index (χ0v) is 21.6. The number of hydrogen-bond acceptors (Lipinski definition) is 5. The first-order valence-electron chi connectivity index (χ1n) is 12.5. The molecule has 1 aromatic carbocycles. The van der Waals surface area contributed by atoms with E-state index in [1.807, 2.05) is 0 Å². The van der Waals surface area contributed by atoms with Gasteiger partial charge in [0.15, 0.2) is 9.84 Å². The molecule has 1 aromatic rings. The monoisotopic (exact) mass is 497 g/mol. The lowest BCUT2D eigenvalue weighted by Gasteiger charge is -2.14. The SMILES string of the molecule is CCCCCCCCCCCCCCCCS(=O)(=O)c1ccc(N2N=C(N)CC2=O)c(Cl)c1. The highest BCUT2D eigenvalue weighted by Gasteiger charge is 2.26. The molecule has 1 amide bonds. The number of nitrogens with two attached hydrogens (primary N) is 1. The maximum absolute atomic E-state index is 12.7. The van der Waals surface area contributed by atoms with Crippen LogP contribution in [0.5, 0.6) is 0 Å². The largest absolute Gasteiger partial charge is 0.385 e. The number of benzene rings is 1. The second-order valence-electron chi connectivity index (χ2n) is 9.00. The second kappa shape index (κ2) is 14.6. The fourth-order valence-corrected chi connectivity index (χ4v) is 5.81. The number of hydrazone groups is 1. The van der Waals surface area contributed by atoms with Crippen LogP contribution in [0.15, 0.2) is 28.2 Å². The number of amides is 1. The smallest absolute Gasteiger partial charge is 0.255 e. The molecule has 8 heteroatoms. The summed E-state index contributed by atoms with van der Waals surface area (Å²) in [6.45, 7) is 2.25. The van der Waals surface area contributed by atoms with Crippen LogP contribution in [0.2, 0.25) is 5.02 Å². The maximum Gasteiger partial charge on any atom is 0.255 e. The van der Waals surface area contributed by atoms with E-state index in [0.717, 1.165) is 17.9 Å². The molecule has 0 bridgehead atoms. The summed E-state index contributed by atoms with van der Waals surface area (Å²) in [5.74, 6) is 0.0343. The summed E-state index contributed by atoms with van der Waals surface area (Å²) in [6, 6.07) is 4.39. The summed E-state index contributed by atoms with van der Waals surface area (Å²) in [5.41, 5.74) is 5.94. The van der Waals surface area contributed by atoms with Gasteiger partial charge < -0.3 is 5.73 Å². The van der Waals surface area contributed by atoms with Crippen LogP contribution in [0.3, 0.4) is 0 Å². The zero-order valence-electron chi connectivity index (χ0n) is 20.0. The highest BCUT2D eigenvalue weighted by atomic mass is 35.5. The minimum Gasteiger partial charge on any atom is -0.385 e. The van der Waals surface area contributed by atoms with Crippen LogP contribution >= 0.6 is 11.6 Å². The Hall–Kier alpha value is -1.60. The van der Waals surface area contributed by atoms with Crippen LogP contribution in [-0.4, -0.2) is 25.9 Å². The molecule has 0 atom stereocenters. The molecule has 0 unspecified atom stereocenters. The van der Waals surface area contributed by atoms with Gasteiger partial charge in [-0.3, -0.25) is 4.79 Å². The van der Waals surface area contributed by atoms with Crippen molar-refractivity contribution in [3.63, 3.8) is 0 Å². The first-order chi connectivity index (χ1) is 15.8. The van der Waals surface area contributed by atoms with Gasteiger partial charge in [0.1, 0.15) is 5.84 Å². The first-order valence-corrected chi connectivity index (χ1v) is 14.6. The van der Waals surface area contributed by atoms with Crippen molar-refractivity contribution < 1.29 is 13.2 Å². The summed E-state index contributed by atoms with van der Waals surface area (Å²) in [4.78, 5) is 12.1. The van der Waals surface area contributed by atoms with Gasteiger partial charge in [0.25, 0.3) is 5.91 Å². The van der Waals surface area contributed by atoms with E-state index in [9.17, 15) is 13.2 Å². The second-order valence-corrected chi connectivity index (χ2v) is 11.5. The molecule has 1 aliphatic heterocycles. The third-order valence-corrected chi connectivity index (χ3v) is 8.17. The number of nitrogens with zero attached hydrogens (tertiary/aromatic N) is 2. The molecule has 1 heterocycles. The zero-order chi connectivity index (χ0) is 24.1. The Labute approximate surface area is 204 Å². The Morgan fingerprint density at radius 2 is 1.42 bits per heavy atom. The van der Waals surface area contributed by atoms with Crippen LogP contribution in [0.25, 0.3) is 0 Å². The molecule has 0 saturated carbocycles. The van der Waals surface area contributed by atoms with Crippen molar-refractivity contribution in [2.75, 3.05) is 10.8 Å². The van der Waals surface area contributed by atoms with Crippen molar-refractivity contribution in [2.45, 2.75) is 108 Å². The minimum absolute atomic E-state index is 0.0372. The van der Waals surface area contributed by atoms with E-state index in [1.165, 1.54) is 88.8 Å². The number of rotatable bonds is 17. The molecule has 2 N–H and O–H groups in total. The van der Waals surface area contributed by atoms with Crippen LogP contribution in [0.4, 0.5) is 5.69 Å². The molecule has 6 nitrogen and oxygen atoms in total. The van der Waals surface area contributed by atoms with Gasteiger partial charge in [-0.15, -0.1) is 0 Å². The average Bonchev–Trinajstić information content (AvgIpc) is 3.11. The van der Waals surface area contributed by atoms with Crippen molar-refractivity contribution in [3.8, 4) is 0 Å². The number of anilines is 1. The fourth-order valence-electron chi connectivity index (χ4n) is 4.09. The fraction of sp³-hybridized carbons (Fsp3) is 0.680. The maximum atomic E-state index is 12.7. The third kappa shape index (κ3) is 9.65. The van der Waals surface area contributed by atoms with Crippen LogP contribution in [0, 0.1) is 0 Å². The minimum atomic E-state index is -3.41. The lowest BCUT2D eigenvalue weighted by molar-refractivity contribution is -0.116. The Kier molecular flexibility index (Phi) is 12.2. The lowest BCUT2D eigenvalue weighted by Crippen LogP contribution is -2.20. The summed E-state index contributed by atoms with van der Waals surface area (Å²) in [7, 11) is -3.41. The van der Waals surface area contributed by atoms with Crippen molar-refractivity contribution in [2.24, 2.45) is 10.8 Å². The molecule has 33 heavy (non-hydrogen) atoms. The Morgan fingerprint density at radius 3 is 1.88 bits per heavy atom. The number of amidine groups is 1. The van der Waals surface area contributed by atoms with Crippen LogP contribution < -0.4 is 10.7 Å². The van der Waals surface area contributed by atoms with Crippen molar-refractivity contribution in [1.29, 1.82) is 0 Å². The molecular weight excluding hydrogens is 458 g/mol. The van der Waals surface area contributed by atoms with E-state index >= 15 is 0 Å². The summed E-state index contributed by atoms with van der Waals surface area (Å²) < 4.78 is 25.3. The number of unbranched alkanes of at least 4 members (excludes halogenated alkanes) is 13. The Morgan fingerprint density at radius 1 is 0.909 bits per heavy atom. The molecule has 0 aliphatic carbocycles. The summed E-state index contributed by atoms with van der Waals surface area (Å²) in [6.07, 6.45) is 17.2. The molecule has 2 rings (SSSR count). The highest BCUT2D eigenvalue weighted by molar-refractivity contribution is 7.91. The normalized spacial score (nSPS) is 14.2. The quantitative estimate of drug-likeness (QED) is 0.245. The van der Waals surface area contributed by atoms with Crippen molar-refractivity contribution in [1.82, 2.24) is 0 Å². The number of sulfone groups is 1.